The number of ether oxygens (including phenoxy) is 1. The molecule has 2 fully saturated rings. The van der Waals surface area contributed by atoms with Crippen LogP contribution in [0.4, 0.5) is 22.7 Å². The lowest BCUT2D eigenvalue weighted by atomic mass is 9.99. The number of carbonyl (C=O) groups is 1. The Kier molecular flexibility index (Phi) is 6.81. The standard InChI is InChI=1S/C23H27ClN4O4/c1-16-6-8-26(9-7-16)22-4-2-17(14-20(22)24)25-23(29)19-15-18(28(30)31)3-5-21(19)27-10-12-32-13-11-27/h2-5,14-16H,6-13H2,1H3,(H,25,29). The van der Waals surface area contributed by atoms with Gasteiger partial charge >= 0.3 is 0 Å². The zero-order valence-corrected chi connectivity index (χ0v) is 18.8. The molecule has 0 bridgehead atoms. The normalized spacial score (nSPS) is 17.3. The third kappa shape index (κ3) is 4.97. The van der Waals surface area contributed by atoms with Crippen LogP contribution in [0.3, 0.4) is 0 Å². The van der Waals surface area contributed by atoms with Gasteiger partial charge in [-0.15, -0.1) is 0 Å². The highest BCUT2D eigenvalue weighted by Gasteiger charge is 2.23. The molecule has 1 amide bonds. The zero-order chi connectivity index (χ0) is 22.7. The molecule has 170 valence electrons. The van der Waals surface area contributed by atoms with Crippen molar-refractivity contribution in [3.05, 3.63) is 57.1 Å². The third-order valence-electron chi connectivity index (χ3n) is 6.12. The maximum Gasteiger partial charge on any atom is 0.270 e. The zero-order valence-electron chi connectivity index (χ0n) is 18.1. The van der Waals surface area contributed by atoms with Gasteiger partial charge in [0, 0.05) is 44.0 Å². The molecular weight excluding hydrogens is 432 g/mol. The number of nitro benzene ring substituents is 1. The number of anilines is 3. The summed E-state index contributed by atoms with van der Waals surface area (Å²) in [5.74, 6) is 0.310. The number of non-ortho nitro benzene ring substituents is 1. The van der Waals surface area contributed by atoms with E-state index in [1.165, 1.54) is 12.1 Å². The highest BCUT2D eigenvalue weighted by atomic mass is 35.5. The van der Waals surface area contributed by atoms with E-state index in [1.54, 1.807) is 12.1 Å². The number of nitrogens with zero attached hydrogens (tertiary/aromatic N) is 3. The number of nitrogens with one attached hydrogen (secondary N) is 1. The van der Waals surface area contributed by atoms with Gasteiger partial charge in [-0.2, -0.15) is 0 Å². The van der Waals surface area contributed by atoms with Gasteiger partial charge in [-0.3, -0.25) is 14.9 Å². The van der Waals surface area contributed by atoms with Crippen molar-refractivity contribution in [1.82, 2.24) is 0 Å². The van der Waals surface area contributed by atoms with Crippen molar-refractivity contribution in [3.8, 4) is 0 Å². The molecule has 0 spiro atoms. The van der Waals surface area contributed by atoms with Gasteiger partial charge in [0.1, 0.15) is 0 Å². The number of hydrogen-bond donors (Lipinski definition) is 1. The van der Waals surface area contributed by atoms with E-state index in [0.717, 1.165) is 37.5 Å². The number of nitro groups is 1. The van der Waals surface area contributed by atoms with E-state index in [9.17, 15) is 14.9 Å². The maximum atomic E-state index is 13.1. The van der Waals surface area contributed by atoms with Crippen LogP contribution < -0.4 is 15.1 Å². The van der Waals surface area contributed by atoms with E-state index < -0.39 is 10.8 Å². The van der Waals surface area contributed by atoms with Crippen molar-refractivity contribution in [3.63, 3.8) is 0 Å². The number of piperidine rings is 1. The monoisotopic (exact) mass is 458 g/mol. The quantitative estimate of drug-likeness (QED) is 0.521. The molecule has 2 aromatic carbocycles. The first-order valence-electron chi connectivity index (χ1n) is 10.9. The Balaban J connectivity index is 1.56. The van der Waals surface area contributed by atoms with E-state index in [0.29, 0.717) is 42.7 Å². The van der Waals surface area contributed by atoms with Crippen LogP contribution in [-0.2, 0) is 4.74 Å². The first-order valence-corrected chi connectivity index (χ1v) is 11.3. The van der Waals surface area contributed by atoms with Crippen LogP contribution in [0.2, 0.25) is 5.02 Å². The van der Waals surface area contributed by atoms with Crippen LogP contribution in [0.25, 0.3) is 0 Å². The summed E-state index contributed by atoms with van der Waals surface area (Å²) in [6.07, 6.45) is 2.26. The van der Waals surface area contributed by atoms with Crippen molar-refractivity contribution >= 4 is 40.3 Å². The first-order chi connectivity index (χ1) is 15.4. The average molecular weight is 459 g/mol. The number of morpholine rings is 1. The summed E-state index contributed by atoms with van der Waals surface area (Å²) in [6, 6.07) is 9.86. The van der Waals surface area contributed by atoms with Gasteiger partial charge in [0.15, 0.2) is 0 Å². The molecule has 2 aliphatic rings. The summed E-state index contributed by atoms with van der Waals surface area (Å²) in [7, 11) is 0. The van der Waals surface area contributed by atoms with Crippen molar-refractivity contribution < 1.29 is 14.5 Å². The molecule has 32 heavy (non-hydrogen) atoms. The summed E-state index contributed by atoms with van der Waals surface area (Å²) in [5, 5.41) is 14.7. The Hall–Kier alpha value is -2.84. The molecule has 2 aliphatic heterocycles. The molecule has 0 unspecified atom stereocenters. The van der Waals surface area contributed by atoms with Gasteiger partial charge in [0.05, 0.1) is 40.1 Å². The maximum absolute atomic E-state index is 13.1. The van der Waals surface area contributed by atoms with E-state index in [4.69, 9.17) is 16.3 Å². The van der Waals surface area contributed by atoms with E-state index in [-0.39, 0.29) is 11.3 Å². The lowest BCUT2D eigenvalue weighted by Crippen LogP contribution is -2.37. The van der Waals surface area contributed by atoms with Gasteiger partial charge in [0.2, 0.25) is 0 Å². The summed E-state index contributed by atoms with van der Waals surface area (Å²) in [6.45, 7) is 6.51. The van der Waals surface area contributed by atoms with Crippen molar-refractivity contribution in [2.45, 2.75) is 19.8 Å². The molecule has 0 atom stereocenters. The van der Waals surface area contributed by atoms with Crippen molar-refractivity contribution in [2.75, 3.05) is 54.5 Å². The largest absolute Gasteiger partial charge is 0.378 e. The average Bonchev–Trinajstić information content (AvgIpc) is 2.80. The van der Waals surface area contributed by atoms with E-state index in [2.05, 4.69) is 17.1 Å². The Labute approximate surface area is 192 Å². The number of carbonyl (C=O) groups excluding carboxylic acids is 1. The molecule has 0 saturated carbocycles. The van der Waals surface area contributed by atoms with Gasteiger partial charge in [-0.05, 0) is 43.0 Å². The Bertz CT molecular complexity index is 1000. The second-order valence-corrected chi connectivity index (χ2v) is 8.76. The number of hydrogen-bond acceptors (Lipinski definition) is 6. The third-order valence-corrected chi connectivity index (χ3v) is 6.42. The molecule has 8 nitrogen and oxygen atoms in total. The number of rotatable bonds is 5. The molecule has 9 heteroatoms. The van der Waals surface area contributed by atoms with Crippen LogP contribution in [0.15, 0.2) is 36.4 Å². The lowest BCUT2D eigenvalue weighted by molar-refractivity contribution is -0.384. The lowest BCUT2D eigenvalue weighted by Gasteiger charge is -2.32. The van der Waals surface area contributed by atoms with Crippen LogP contribution in [-0.4, -0.2) is 50.2 Å². The smallest absolute Gasteiger partial charge is 0.270 e. The summed E-state index contributed by atoms with van der Waals surface area (Å²) >= 11 is 6.54. The van der Waals surface area contributed by atoms with Crippen LogP contribution >= 0.6 is 11.6 Å². The second-order valence-electron chi connectivity index (χ2n) is 8.35. The first kappa shape index (κ1) is 22.4. The summed E-state index contributed by atoms with van der Waals surface area (Å²) in [4.78, 5) is 28.2. The summed E-state index contributed by atoms with van der Waals surface area (Å²) < 4.78 is 5.39. The number of halogens is 1. The molecule has 2 saturated heterocycles. The molecule has 0 radical (unpaired) electrons. The molecule has 2 heterocycles. The Morgan fingerprint density at radius 1 is 1.06 bits per heavy atom. The van der Waals surface area contributed by atoms with Crippen molar-refractivity contribution in [2.24, 2.45) is 5.92 Å². The Morgan fingerprint density at radius 2 is 1.72 bits per heavy atom. The number of benzene rings is 2. The molecule has 0 aromatic heterocycles. The molecule has 1 N–H and O–H groups in total. The predicted octanol–water partition coefficient (Wildman–Crippen LogP) is 4.57. The minimum Gasteiger partial charge on any atom is -0.378 e. The minimum absolute atomic E-state index is 0.125. The van der Waals surface area contributed by atoms with Crippen LogP contribution in [0.5, 0.6) is 0 Å². The summed E-state index contributed by atoms with van der Waals surface area (Å²) in [5.41, 5.74) is 2.29. The van der Waals surface area contributed by atoms with Crippen molar-refractivity contribution in [1.29, 1.82) is 0 Å². The minimum atomic E-state index is -0.495. The second kappa shape index (κ2) is 9.75. The Morgan fingerprint density at radius 3 is 2.38 bits per heavy atom. The topological polar surface area (TPSA) is 88.0 Å². The van der Waals surface area contributed by atoms with Gasteiger partial charge in [-0.25, -0.2) is 0 Å². The highest BCUT2D eigenvalue weighted by Crippen LogP contribution is 2.33. The van der Waals surface area contributed by atoms with Crippen LogP contribution in [0, 0.1) is 16.0 Å². The SMILES string of the molecule is CC1CCN(c2ccc(NC(=O)c3cc([N+](=O)[O-])ccc3N3CCOCC3)cc2Cl)CC1. The fourth-order valence-electron chi connectivity index (χ4n) is 4.19. The fourth-order valence-corrected chi connectivity index (χ4v) is 4.49. The van der Waals surface area contributed by atoms with Crippen LogP contribution in [0.1, 0.15) is 30.1 Å². The predicted molar refractivity (Wildman–Crippen MR) is 126 cm³/mol. The van der Waals surface area contributed by atoms with Gasteiger partial charge < -0.3 is 19.9 Å². The highest BCUT2D eigenvalue weighted by molar-refractivity contribution is 6.33. The molecule has 4 rings (SSSR count). The number of amides is 1. The molecule has 0 aliphatic carbocycles. The molecule has 2 aromatic rings. The van der Waals surface area contributed by atoms with Gasteiger partial charge in [-0.1, -0.05) is 18.5 Å². The fraction of sp³-hybridized carbons (Fsp3) is 0.435. The van der Waals surface area contributed by atoms with Gasteiger partial charge in [0.25, 0.3) is 11.6 Å². The van der Waals surface area contributed by atoms with E-state index >= 15 is 0 Å². The molecular formula is C23H27ClN4O4. The van der Waals surface area contributed by atoms with E-state index in [1.807, 2.05) is 17.0 Å².